The predicted octanol–water partition coefficient (Wildman–Crippen LogP) is 3.95. The number of hydrogen-bond acceptors (Lipinski definition) is 7. The van der Waals surface area contributed by atoms with Gasteiger partial charge in [0.05, 0.1) is 30.5 Å². The number of carbonyl (C=O) groups is 1. The van der Waals surface area contributed by atoms with Gasteiger partial charge in [-0.15, -0.1) is 0 Å². The zero-order valence-corrected chi connectivity index (χ0v) is 19.4. The topological polar surface area (TPSA) is 112 Å². The molecular weight excluding hydrogens is 432 g/mol. The van der Waals surface area contributed by atoms with E-state index >= 15 is 0 Å². The average Bonchev–Trinajstić information content (AvgIpc) is 3.56. The lowest BCUT2D eigenvalue weighted by Gasteiger charge is -2.31. The van der Waals surface area contributed by atoms with Gasteiger partial charge in [0.1, 0.15) is 17.3 Å². The van der Waals surface area contributed by atoms with E-state index in [2.05, 4.69) is 15.2 Å². The minimum Gasteiger partial charge on any atom is -0.383 e. The Morgan fingerprint density at radius 1 is 1.29 bits per heavy atom. The van der Waals surface area contributed by atoms with E-state index in [-0.39, 0.29) is 18.1 Å². The average molecular weight is 459 g/mol. The summed E-state index contributed by atoms with van der Waals surface area (Å²) in [5.41, 5.74) is 12.1. The third-order valence-corrected chi connectivity index (χ3v) is 7.08. The van der Waals surface area contributed by atoms with Crippen LogP contribution in [0.4, 0.5) is 5.82 Å². The highest BCUT2D eigenvalue weighted by atomic mass is 16.5. The molecule has 0 saturated heterocycles. The first-order valence-corrected chi connectivity index (χ1v) is 11.5. The number of anilines is 1. The number of carbonyl (C=O) groups excluding carboxylic acids is 1. The summed E-state index contributed by atoms with van der Waals surface area (Å²) in [5.74, 6) is 1.28. The largest absolute Gasteiger partial charge is 0.383 e. The van der Waals surface area contributed by atoms with E-state index in [0.29, 0.717) is 18.0 Å². The van der Waals surface area contributed by atoms with Crippen LogP contribution in [-0.4, -0.2) is 37.8 Å². The highest BCUT2D eigenvalue weighted by Crippen LogP contribution is 2.41. The fourth-order valence-electron chi connectivity index (χ4n) is 5.34. The van der Waals surface area contributed by atoms with E-state index < -0.39 is 0 Å². The number of rotatable bonds is 3. The molecule has 6 rings (SSSR count). The van der Waals surface area contributed by atoms with Crippen LogP contribution in [0.1, 0.15) is 64.7 Å². The number of fused-ring (bicyclic) bond motifs is 4. The summed E-state index contributed by atoms with van der Waals surface area (Å²) in [6.07, 6.45) is 6.17. The van der Waals surface area contributed by atoms with E-state index in [1.807, 2.05) is 45.4 Å². The Balaban J connectivity index is 1.38. The van der Waals surface area contributed by atoms with Crippen LogP contribution in [0.5, 0.6) is 0 Å². The summed E-state index contributed by atoms with van der Waals surface area (Å²) in [5, 5.41) is 9.53. The normalized spacial score (nSPS) is 19.3. The second-order valence-electron chi connectivity index (χ2n) is 9.17. The molecule has 4 heterocycles. The second kappa shape index (κ2) is 7.66. The number of pyridine rings is 1. The van der Waals surface area contributed by atoms with Gasteiger partial charge in [-0.05, 0) is 43.5 Å². The fraction of sp³-hybridized carbons (Fsp3) is 0.360. The van der Waals surface area contributed by atoms with Crippen LogP contribution in [-0.2, 0) is 24.8 Å². The smallest absolute Gasteiger partial charge is 0.254 e. The van der Waals surface area contributed by atoms with Crippen LogP contribution in [0.2, 0.25) is 0 Å². The molecule has 2 atom stereocenters. The van der Waals surface area contributed by atoms with E-state index in [4.69, 9.17) is 15.0 Å². The standard InChI is InChI=1S/C25H26N6O3/c1-13-21-17(12-33-13)16-9-14(7-8-18(16)28-24(21)26)25(32)31(3)19-5-4-6-20-22(19)23(29-34-20)15-10-27-30(2)11-15/h7-11,13,19H,4-6,12H2,1-3H3,(H2,26,28). The van der Waals surface area contributed by atoms with Gasteiger partial charge in [-0.2, -0.15) is 5.10 Å². The van der Waals surface area contributed by atoms with Gasteiger partial charge in [-0.1, -0.05) is 5.16 Å². The highest BCUT2D eigenvalue weighted by molar-refractivity contribution is 5.99. The van der Waals surface area contributed by atoms with Crippen molar-refractivity contribution < 1.29 is 14.1 Å². The first-order chi connectivity index (χ1) is 16.4. The minimum absolute atomic E-state index is 0.0596. The molecule has 0 bridgehead atoms. The van der Waals surface area contributed by atoms with Crippen molar-refractivity contribution in [3.63, 3.8) is 0 Å². The first kappa shape index (κ1) is 20.9. The van der Waals surface area contributed by atoms with Gasteiger partial charge in [-0.25, -0.2) is 4.98 Å². The molecule has 9 nitrogen and oxygen atoms in total. The maximum absolute atomic E-state index is 13.7. The van der Waals surface area contributed by atoms with E-state index in [1.54, 1.807) is 15.8 Å². The predicted molar refractivity (Wildman–Crippen MR) is 126 cm³/mol. The van der Waals surface area contributed by atoms with Crippen molar-refractivity contribution in [3.8, 4) is 11.3 Å². The summed E-state index contributed by atoms with van der Waals surface area (Å²) in [4.78, 5) is 20.0. The van der Waals surface area contributed by atoms with Crippen molar-refractivity contribution in [2.45, 2.75) is 44.9 Å². The number of nitrogen functional groups attached to an aromatic ring is 1. The molecule has 9 heteroatoms. The Labute approximate surface area is 196 Å². The summed E-state index contributed by atoms with van der Waals surface area (Å²) >= 11 is 0. The molecule has 1 aliphatic heterocycles. The second-order valence-corrected chi connectivity index (χ2v) is 9.17. The minimum atomic E-state index is -0.132. The third-order valence-electron chi connectivity index (χ3n) is 7.08. The van der Waals surface area contributed by atoms with Crippen molar-refractivity contribution in [1.29, 1.82) is 0 Å². The number of nitrogens with two attached hydrogens (primary N) is 1. The monoisotopic (exact) mass is 458 g/mol. The molecule has 34 heavy (non-hydrogen) atoms. The highest BCUT2D eigenvalue weighted by Gasteiger charge is 2.34. The van der Waals surface area contributed by atoms with Crippen molar-refractivity contribution in [2.24, 2.45) is 7.05 Å². The Hall–Kier alpha value is -3.72. The van der Waals surface area contributed by atoms with Crippen LogP contribution >= 0.6 is 0 Å². The van der Waals surface area contributed by atoms with E-state index in [9.17, 15) is 4.79 Å². The SMILES string of the molecule is CC1OCc2c1c(N)nc1ccc(C(=O)N(C)C3CCCc4onc(-c5cnn(C)c5)c43)cc21. The Morgan fingerprint density at radius 2 is 2.15 bits per heavy atom. The van der Waals surface area contributed by atoms with Gasteiger partial charge < -0.3 is 19.9 Å². The summed E-state index contributed by atoms with van der Waals surface area (Å²) < 4.78 is 13.2. The zero-order valence-electron chi connectivity index (χ0n) is 19.4. The molecule has 0 fully saturated rings. The molecule has 0 spiro atoms. The van der Waals surface area contributed by atoms with Crippen molar-refractivity contribution >= 4 is 22.6 Å². The van der Waals surface area contributed by atoms with Crippen LogP contribution in [0.3, 0.4) is 0 Å². The molecule has 4 aromatic rings. The van der Waals surface area contributed by atoms with Gasteiger partial charge in [0.15, 0.2) is 0 Å². The van der Waals surface area contributed by atoms with Gasteiger partial charge >= 0.3 is 0 Å². The number of nitrogens with zero attached hydrogens (tertiary/aromatic N) is 5. The number of aromatic nitrogens is 4. The summed E-state index contributed by atoms with van der Waals surface area (Å²) in [6, 6.07) is 5.47. The quantitative estimate of drug-likeness (QED) is 0.495. The molecule has 1 amide bonds. The van der Waals surface area contributed by atoms with Crippen molar-refractivity contribution in [1.82, 2.24) is 24.8 Å². The van der Waals surface area contributed by atoms with Crippen LogP contribution in [0.15, 0.2) is 35.1 Å². The fourth-order valence-corrected chi connectivity index (χ4v) is 5.34. The lowest BCUT2D eigenvalue weighted by Crippen LogP contribution is -2.33. The lowest BCUT2D eigenvalue weighted by molar-refractivity contribution is 0.0713. The van der Waals surface area contributed by atoms with Gasteiger partial charge in [-0.3, -0.25) is 9.48 Å². The van der Waals surface area contributed by atoms with Crippen molar-refractivity contribution in [2.75, 3.05) is 12.8 Å². The molecule has 0 saturated carbocycles. The molecule has 1 aromatic carbocycles. The van der Waals surface area contributed by atoms with E-state index in [1.165, 1.54) is 0 Å². The summed E-state index contributed by atoms with van der Waals surface area (Å²) in [6.45, 7) is 2.44. The number of hydrogen-bond donors (Lipinski definition) is 1. The number of benzene rings is 1. The number of aryl methyl sites for hydroxylation is 2. The molecule has 3 aromatic heterocycles. The molecule has 2 unspecified atom stereocenters. The molecule has 2 N–H and O–H groups in total. The molecule has 0 radical (unpaired) electrons. The number of amides is 1. The van der Waals surface area contributed by atoms with Gasteiger partial charge in [0.25, 0.3) is 5.91 Å². The molecule has 2 aliphatic rings. The Bertz CT molecular complexity index is 1440. The maximum atomic E-state index is 13.7. The summed E-state index contributed by atoms with van der Waals surface area (Å²) in [7, 11) is 3.72. The zero-order chi connectivity index (χ0) is 23.6. The lowest BCUT2D eigenvalue weighted by atomic mass is 9.89. The van der Waals surface area contributed by atoms with Gasteiger partial charge in [0, 0.05) is 54.4 Å². The first-order valence-electron chi connectivity index (χ1n) is 11.5. The number of ether oxygens (including phenoxy) is 1. The Morgan fingerprint density at radius 3 is 2.94 bits per heavy atom. The third kappa shape index (κ3) is 3.11. The van der Waals surface area contributed by atoms with Crippen LogP contribution < -0.4 is 5.73 Å². The maximum Gasteiger partial charge on any atom is 0.254 e. The van der Waals surface area contributed by atoms with Crippen LogP contribution in [0, 0.1) is 0 Å². The Kier molecular flexibility index (Phi) is 4.70. The molecular formula is C25H26N6O3. The van der Waals surface area contributed by atoms with Crippen LogP contribution in [0.25, 0.3) is 22.2 Å². The van der Waals surface area contributed by atoms with Gasteiger partial charge in [0.2, 0.25) is 0 Å². The molecule has 1 aliphatic carbocycles. The van der Waals surface area contributed by atoms with Crippen molar-refractivity contribution in [3.05, 3.63) is 58.6 Å². The molecule has 174 valence electrons. The van der Waals surface area contributed by atoms with E-state index in [0.717, 1.165) is 63.9 Å².